The van der Waals surface area contributed by atoms with Gasteiger partial charge in [0.05, 0.1) is 30.0 Å². The van der Waals surface area contributed by atoms with Crippen molar-refractivity contribution >= 4 is 63.7 Å². The van der Waals surface area contributed by atoms with Gasteiger partial charge >= 0.3 is 5.97 Å². The van der Waals surface area contributed by atoms with E-state index < -0.39 is 19.9 Å². The van der Waals surface area contributed by atoms with Crippen LogP contribution in [-0.2, 0) is 35.3 Å². The van der Waals surface area contributed by atoms with E-state index in [0.717, 1.165) is 67.9 Å². The van der Waals surface area contributed by atoms with Gasteiger partial charge in [0.1, 0.15) is 0 Å². The first-order chi connectivity index (χ1) is 26.1. The van der Waals surface area contributed by atoms with Crippen LogP contribution >= 0.6 is 22.7 Å². The summed E-state index contributed by atoms with van der Waals surface area (Å²) >= 11 is 3.08. The molecule has 15 heteroatoms. The Kier molecular flexibility index (Phi) is 13.3. The Bertz CT molecular complexity index is 2150. The number of nitrogens with zero attached hydrogens (tertiary/aromatic N) is 6. The monoisotopic (exact) mass is 791 g/mol. The summed E-state index contributed by atoms with van der Waals surface area (Å²) in [4.78, 5) is 26.6. The normalized spacial score (nSPS) is 13.5. The van der Waals surface area contributed by atoms with Crippen LogP contribution in [0.1, 0.15) is 51.8 Å². The first-order valence-corrected chi connectivity index (χ1v) is 24.0. The third-order valence-corrected chi connectivity index (χ3v) is 13.1. The predicted octanol–water partition coefficient (Wildman–Crippen LogP) is 7.76. The summed E-state index contributed by atoms with van der Waals surface area (Å²) in [7, 11) is -1.17. The van der Waals surface area contributed by atoms with Gasteiger partial charge in [0.25, 0.3) is 0 Å². The van der Waals surface area contributed by atoms with Crippen LogP contribution in [0.3, 0.4) is 0 Å². The maximum absolute atomic E-state index is 14.6. The number of anilines is 2. The lowest BCUT2D eigenvalue weighted by atomic mass is 10.0. The molecule has 0 unspecified atom stereocenters. The molecule has 3 aromatic heterocycles. The van der Waals surface area contributed by atoms with Crippen LogP contribution in [0.2, 0.25) is 25.7 Å². The zero-order chi connectivity index (χ0) is 38.2. The number of carbonyl (C=O) groups excluding carboxylic acids is 1. The van der Waals surface area contributed by atoms with Crippen LogP contribution in [0.15, 0.2) is 47.5 Å². The summed E-state index contributed by atoms with van der Waals surface area (Å²) < 4.78 is 35.2. The number of para-hydroxylation sites is 1. The molecule has 0 amide bonds. The number of nitrogens with two attached hydrogens (primary N) is 1. The fourth-order valence-electron chi connectivity index (χ4n) is 6.29. The van der Waals surface area contributed by atoms with E-state index in [-0.39, 0.29) is 24.7 Å². The van der Waals surface area contributed by atoms with E-state index in [1.807, 2.05) is 17.0 Å². The zero-order valence-corrected chi connectivity index (χ0v) is 34.5. The topological polar surface area (TPSA) is 130 Å². The Morgan fingerprint density at radius 2 is 1.91 bits per heavy atom. The van der Waals surface area contributed by atoms with E-state index in [1.165, 1.54) is 17.4 Å². The zero-order valence-electron chi connectivity index (χ0n) is 31.8. The lowest BCUT2D eigenvalue weighted by molar-refractivity contribution is 0.0519. The highest BCUT2D eigenvalue weighted by Crippen LogP contribution is 2.39. The number of rotatable bonds is 17. The molecule has 0 bridgehead atoms. The van der Waals surface area contributed by atoms with Gasteiger partial charge in [0, 0.05) is 43.8 Å². The minimum Gasteiger partial charge on any atom is -0.491 e. The fourth-order valence-corrected chi connectivity index (χ4v) is 9.22. The Morgan fingerprint density at radius 3 is 2.69 bits per heavy atom. The minimum absolute atomic E-state index is 0.195. The van der Waals surface area contributed by atoms with Crippen LogP contribution in [0.25, 0.3) is 10.2 Å². The summed E-state index contributed by atoms with van der Waals surface area (Å²) in [5, 5.41) is 10.0. The molecule has 0 radical (unpaired) electrons. The average Bonchev–Trinajstić information content (AvgIpc) is 3.73. The van der Waals surface area contributed by atoms with Gasteiger partial charge in [-0.15, -0.1) is 21.5 Å². The summed E-state index contributed by atoms with van der Waals surface area (Å²) in [6, 6.07) is 14.4. The smallest absolute Gasteiger partial charge is 0.358 e. The first kappa shape index (κ1) is 39.7. The van der Waals surface area contributed by atoms with Gasteiger partial charge in [-0.05, 0) is 88.4 Å². The summed E-state index contributed by atoms with van der Waals surface area (Å²) in [5.74, 6) is 0.633. The van der Waals surface area contributed by atoms with Gasteiger partial charge in [-0.2, -0.15) is 4.99 Å². The number of thiazole rings is 2. The number of ether oxygens (including phenoxy) is 3. The number of fused-ring (bicyclic) bond motifs is 2. The Hall–Kier alpha value is -4.02. The SMILES string of the molecule is CCOC(=O)c1nc(N2CCCc3c2nnc(N=c2sc4ccccc4n2CCOCC[Si](C)(C)C)c3C)sc1CCCOc1ccc(CCN)cc1F. The number of esters is 1. The Balaban J connectivity index is 1.22. The van der Waals surface area contributed by atoms with Crippen molar-refractivity contribution in [3.63, 3.8) is 0 Å². The highest BCUT2D eigenvalue weighted by Gasteiger charge is 2.29. The standard InChI is InChI=1S/C39H50FN7O4S2Si/c1-6-50-37(48)34-33(14-10-21-51-31-16-15-27(17-18-41)25-29(31)40)53-38(42-34)47-19-9-11-28-26(2)35(44-45-36(28)47)43-39-46(20-22-49-23-24-54(3,4)5)30-12-7-8-13-32(30)52-39/h7-8,12-13,15-16,25H,6,9-11,14,17-24,41H2,1-5H3. The molecular weight excluding hydrogens is 742 g/mol. The number of carbonyl (C=O) groups is 1. The van der Waals surface area contributed by atoms with Crippen molar-refractivity contribution < 1.29 is 23.4 Å². The van der Waals surface area contributed by atoms with E-state index in [2.05, 4.69) is 54.4 Å². The van der Waals surface area contributed by atoms with Gasteiger partial charge < -0.3 is 29.4 Å². The maximum Gasteiger partial charge on any atom is 0.358 e. The number of hydrogen-bond acceptors (Lipinski definition) is 12. The Morgan fingerprint density at radius 1 is 1.07 bits per heavy atom. The quantitative estimate of drug-likeness (QED) is 0.0571. The molecule has 54 heavy (non-hydrogen) atoms. The fraction of sp³-hybridized carbons (Fsp3) is 0.462. The van der Waals surface area contributed by atoms with Crippen molar-refractivity contribution in [3.05, 3.63) is 80.3 Å². The molecule has 288 valence electrons. The lowest BCUT2D eigenvalue weighted by Crippen LogP contribution is -2.27. The number of hydrogen-bond donors (Lipinski definition) is 1. The van der Waals surface area contributed by atoms with Crippen LogP contribution in [-0.4, -0.2) is 73.3 Å². The highest BCUT2D eigenvalue weighted by molar-refractivity contribution is 7.16. The number of benzene rings is 2. The molecule has 0 saturated carbocycles. The van der Waals surface area contributed by atoms with Crippen molar-refractivity contribution in [3.8, 4) is 5.75 Å². The van der Waals surface area contributed by atoms with Crippen molar-refractivity contribution in [2.24, 2.45) is 10.7 Å². The molecule has 11 nitrogen and oxygen atoms in total. The molecule has 2 N–H and O–H groups in total. The third kappa shape index (κ3) is 9.61. The molecule has 1 aliphatic heterocycles. The second-order valence-corrected chi connectivity index (χ2v) is 22.2. The second kappa shape index (κ2) is 18.1. The molecule has 0 fully saturated rings. The molecule has 0 spiro atoms. The van der Waals surface area contributed by atoms with Crippen molar-refractivity contribution in [2.75, 3.05) is 44.4 Å². The van der Waals surface area contributed by atoms with E-state index >= 15 is 0 Å². The molecule has 0 saturated heterocycles. The Labute approximate surface area is 325 Å². The van der Waals surface area contributed by atoms with Gasteiger partial charge in [-0.3, -0.25) is 0 Å². The van der Waals surface area contributed by atoms with E-state index in [0.29, 0.717) is 56.5 Å². The highest BCUT2D eigenvalue weighted by atomic mass is 32.1. The average molecular weight is 792 g/mol. The lowest BCUT2D eigenvalue weighted by Gasteiger charge is -2.28. The molecule has 2 aromatic carbocycles. The van der Waals surface area contributed by atoms with Crippen molar-refractivity contribution in [1.29, 1.82) is 0 Å². The predicted molar refractivity (Wildman–Crippen MR) is 217 cm³/mol. The molecule has 5 aromatic rings. The summed E-state index contributed by atoms with van der Waals surface area (Å²) in [5.41, 5.74) is 9.89. The second-order valence-electron chi connectivity index (χ2n) is 14.5. The van der Waals surface area contributed by atoms with Crippen molar-refractivity contribution in [1.82, 2.24) is 19.7 Å². The van der Waals surface area contributed by atoms with Gasteiger partial charge in [0.15, 0.2) is 38.8 Å². The van der Waals surface area contributed by atoms with Gasteiger partial charge in [-0.1, -0.05) is 49.2 Å². The van der Waals surface area contributed by atoms with Crippen LogP contribution in [0, 0.1) is 12.7 Å². The van der Waals surface area contributed by atoms with E-state index in [4.69, 9.17) is 35.0 Å². The number of halogens is 1. The minimum atomic E-state index is -1.17. The van der Waals surface area contributed by atoms with Gasteiger partial charge in [0.2, 0.25) is 0 Å². The third-order valence-electron chi connectivity index (χ3n) is 9.23. The largest absolute Gasteiger partial charge is 0.491 e. The van der Waals surface area contributed by atoms with E-state index in [1.54, 1.807) is 24.3 Å². The molecule has 0 atom stereocenters. The van der Waals surface area contributed by atoms with Crippen LogP contribution < -0.4 is 20.2 Å². The summed E-state index contributed by atoms with van der Waals surface area (Å²) in [6.07, 6.45) is 3.38. The molecule has 4 heterocycles. The molecule has 0 aliphatic carbocycles. The summed E-state index contributed by atoms with van der Waals surface area (Å²) in [6.45, 7) is 14.6. The molecule has 6 rings (SSSR count). The number of aryl methyl sites for hydroxylation is 1. The molecular formula is C39H50FN7O4S2Si. The van der Waals surface area contributed by atoms with Crippen LogP contribution in [0.5, 0.6) is 5.75 Å². The first-order valence-electron chi connectivity index (χ1n) is 18.7. The van der Waals surface area contributed by atoms with E-state index in [9.17, 15) is 9.18 Å². The van der Waals surface area contributed by atoms with Gasteiger partial charge in [-0.25, -0.2) is 14.2 Å². The van der Waals surface area contributed by atoms with Crippen molar-refractivity contribution in [2.45, 2.75) is 78.2 Å². The maximum atomic E-state index is 14.6. The van der Waals surface area contributed by atoms with Crippen LogP contribution in [0.4, 0.5) is 21.2 Å². The molecule has 1 aliphatic rings. The number of aromatic nitrogens is 4.